The minimum Gasteiger partial charge on any atom is -0.462 e. The molecule has 1 aliphatic carbocycles. The van der Waals surface area contributed by atoms with Gasteiger partial charge >= 0.3 is 5.97 Å². The van der Waals surface area contributed by atoms with Crippen LogP contribution in [0.15, 0.2) is 16.6 Å². The first-order valence-corrected chi connectivity index (χ1v) is 14.5. The molecule has 182 valence electrons. The number of esters is 1. The number of hydrogen-bond acceptors (Lipinski definition) is 8. The first kappa shape index (κ1) is 24.9. The van der Waals surface area contributed by atoms with E-state index in [-0.39, 0.29) is 17.6 Å². The molecular weight excluding hydrogens is 488 g/mol. The predicted molar refractivity (Wildman–Crippen MR) is 139 cm³/mol. The van der Waals surface area contributed by atoms with Crippen molar-refractivity contribution in [1.82, 2.24) is 14.8 Å². The monoisotopic (exact) mass is 518 g/mol. The van der Waals surface area contributed by atoms with Gasteiger partial charge in [-0.05, 0) is 57.6 Å². The number of thiophene rings is 2. The minimum atomic E-state index is -0.349. The maximum atomic E-state index is 12.8. The van der Waals surface area contributed by atoms with Crippen LogP contribution in [0.3, 0.4) is 0 Å². The summed E-state index contributed by atoms with van der Waals surface area (Å²) in [5.74, 6) is 0.508. The molecule has 0 saturated heterocycles. The molecule has 0 unspecified atom stereocenters. The van der Waals surface area contributed by atoms with Crippen LogP contribution in [0.5, 0.6) is 0 Å². The Morgan fingerprint density at radius 2 is 2.03 bits per heavy atom. The zero-order valence-electron chi connectivity index (χ0n) is 19.8. The number of amides is 1. The zero-order valence-corrected chi connectivity index (χ0v) is 22.3. The highest BCUT2D eigenvalue weighted by atomic mass is 32.2. The zero-order chi connectivity index (χ0) is 24.1. The number of thioether (sulfide) groups is 1. The molecule has 0 aromatic carbocycles. The first-order valence-electron chi connectivity index (χ1n) is 11.8. The second-order valence-electron chi connectivity index (χ2n) is 8.07. The van der Waals surface area contributed by atoms with Crippen LogP contribution in [-0.4, -0.2) is 39.0 Å². The van der Waals surface area contributed by atoms with Crippen LogP contribution in [0, 0.1) is 0 Å². The second kappa shape index (κ2) is 11.5. The average molecular weight is 519 g/mol. The largest absolute Gasteiger partial charge is 0.462 e. The molecule has 3 aromatic heterocycles. The maximum Gasteiger partial charge on any atom is 0.341 e. The number of rotatable bonds is 10. The summed E-state index contributed by atoms with van der Waals surface area (Å²) in [6.45, 7) is 7.05. The van der Waals surface area contributed by atoms with Gasteiger partial charge in [0.1, 0.15) is 5.00 Å². The summed E-state index contributed by atoms with van der Waals surface area (Å²) < 4.78 is 7.33. The summed E-state index contributed by atoms with van der Waals surface area (Å²) in [5.41, 5.74) is 2.66. The van der Waals surface area contributed by atoms with Gasteiger partial charge in [-0.1, -0.05) is 25.1 Å². The first-order chi connectivity index (χ1) is 16.5. The third-order valence-corrected chi connectivity index (χ3v) is 8.85. The smallest absolute Gasteiger partial charge is 0.341 e. The lowest BCUT2D eigenvalue weighted by Crippen LogP contribution is -2.17. The molecule has 1 N–H and O–H groups in total. The van der Waals surface area contributed by atoms with E-state index in [4.69, 9.17) is 4.74 Å². The summed E-state index contributed by atoms with van der Waals surface area (Å²) >= 11 is 4.61. The Hall–Kier alpha value is -2.17. The van der Waals surface area contributed by atoms with E-state index in [1.54, 1.807) is 18.3 Å². The van der Waals surface area contributed by atoms with E-state index < -0.39 is 0 Å². The van der Waals surface area contributed by atoms with Crippen LogP contribution in [-0.2, 0) is 35.3 Å². The van der Waals surface area contributed by atoms with Gasteiger partial charge in [0.2, 0.25) is 5.91 Å². The molecule has 0 atom stereocenters. The van der Waals surface area contributed by atoms with Crippen molar-refractivity contribution in [3.63, 3.8) is 0 Å². The molecule has 0 fully saturated rings. The summed E-state index contributed by atoms with van der Waals surface area (Å²) in [4.78, 5) is 28.0. The normalized spacial score (nSPS) is 13.0. The van der Waals surface area contributed by atoms with Crippen molar-refractivity contribution < 1.29 is 14.3 Å². The molecule has 0 radical (unpaired) electrons. The van der Waals surface area contributed by atoms with Crippen molar-refractivity contribution in [3.05, 3.63) is 32.3 Å². The molecule has 3 aromatic rings. The molecule has 1 amide bonds. The van der Waals surface area contributed by atoms with Crippen molar-refractivity contribution in [2.45, 2.75) is 71.0 Å². The number of carbonyl (C=O) groups is 2. The third kappa shape index (κ3) is 5.39. The molecule has 3 heterocycles. The summed E-state index contributed by atoms with van der Waals surface area (Å²) in [6.07, 6.45) is 6.14. The fourth-order valence-corrected chi connectivity index (χ4v) is 7.20. The van der Waals surface area contributed by atoms with Gasteiger partial charge in [0.15, 0.2) is 11.0 Å². The third-order valence-electron chi connectivity index (χ3n) is 5.68. The Bertz CT molecular complexity index is 1160. The molecule has 10 heteroatoms. The molecule has 34 heavy (non-hydrogen) atoms. The van der Waals surface area contributed by atoms with E-state index in [2.05, 4.69) is 40.8 Å². The molecule has 1 aliphatic rings. The van der Waals surface area contributed by atoms with Crippen LogP contribution in [0.4, 0.5) is 5.00 Å². The Morgan fingerprint density at radius 1 is 1.21 bits per heavy atom. The number of nitrogens with one attached hydrogen (secondary N) is 1. The standard InChI is InChI=1S/C24H30N4O3S3/c1-4-9-16-12-15(13-32-16)21-26-27-24(28(21)5-2)33-14-19(29)25-22-20(23(30)31-6-3)17-10-7-8-11-18(17)34-22/h12-13H,4-11,14H2,1-3H3,(H,25,29). The van der Waals surface area contributed by atoms with Crippen molar-refractivity contribution in [2.75, 3.05) is 17.7 Å². The second-order valence-corrected chi connectivity index (χ2v) is 11.1. The lowest BCUT2D eigenvalue weighted by Gasteiger charge is -2.12. The van der Waals surface area contributed by atoms with Gasteiger partial charge < -0.3 is 14.6 Å². The van der Waals surface area contributed by atoms with E-state index in [1.807, 2.05) is 4.57 Å². The quantitative estimate of drug-likeness (QED) is 0.269. The Balaban J connectivity index is 1.46. The number of aryl methyl sites for hydroxylation is 2. The predicted octanol–water partition coefficient (Wildman–Crippen LogP) is 5.83. The SMILES string of the molecule is CCCc1cc(-c2nnc(SCC(=O)Nc3sc4c(c3C(=O)OCC)CCCC4)n2CC)cs1. The minimum absolute atomic E-state index is 0.165. The van der Waals surface area contributed by atoms with E-state index in [0.717, 1.165) is 62.0 Å². The van der Waals surface area contributed by atoms with Crippen LogP contribution in [0.2, 0.25) is 0 Å². The van der Waals surface area contributed by atoms with Gasteiger partial charge in [-0.3, -0.25) is 4.79 Å². The Labute approximate surface area is 212 Å². The van der Waals surface area contributed by atoms with E-state index >= 15 is 0 Å². The van der Waals surface area contributed by atoms with E-state index in [1.165, 1.54) is 32.9 Å². The highest BCUT2D eigenvalue weighted by molar-refractivity contribution is 7.99. The number of anilines is 1. The molecular formula is C24H30N4O3S3. The maximum absolute atomic E-state index is 12.8. The molecule has 0 spiro atoms. The van der Waals surface area contributed by atoms with Crippen molar-refractivity contribution in [1.29, 1.82) is 0 Å². The van der Waals surface area contributed by atoms with Gasteiger partial charge in [-0.2, -0.15) is 0 Å². The summed E-state index contributed by atoms with van der Waals surface area (Å²) in [7, 11) is 0. The Kier molecular flexibility index (Phi) is 8.44. The average Bonchev–Trinajstić information content (AvgIpc) is 3.54. The summed E-state index contributed by atoms with van der Waals surface area (Å²) in [5, 5.41) is 15.2. The molecule has 0 saturated carbocycles. The number of nitrogens with zero attached hydrogens (tertiary/aromatic N) is 3. The van der Waals surface area contributed by atoms with Crippen molar-refractivity contribution in [3.8, 4) is 11.4 Å². The fourth-order valence-electron chi connectivity index (χ4n) is 4.14. The Morgan fingerprint density at radius 3 is 2.79 bits per heavy atom. The highest BCUT2D eigenvalue weighted by Crippen LogP contribution is 2.39. The lowest BCUT2D eigenvalue weighted by molar-refractivity contribution is -0.113. The van der Waals surface area contributed by atoms with Gasteiger partial charge in [-0.25, -0.2) is 4.79 Å². The number of ether oxygens (including phenoxy) is 1. The number of fused-ring (bicyclic) bond motifs is 1. The van der Waals surface area contributed by atoms with Gasteiger partial charge in [0.05, 0.1) is 17.9 Å². The number of aromatic nitrogens is 3. The summed E-state index contributed by atoms with van der Waals surface area (Å²) in [6, 6.07) is 2.18. The van der Waals surface area contributed by atoms with Gasteiger partial charge in [0.25, 0.3) is 0 Å². The molecule has 0 bridgehead atoms. The molecule has 7 nitrogen and oxygen atoms in total. The lowest BCUT2D eigenvalue weighted by atomic mass is 9.95. The molecule has 4 rings (SSSR count). The van der Waals surface area contributed by atoms with E-state index in [9.17, 15) is 9.59 Å². The fraction of sp³-hybridized carbons (Fsp3) is 0.500. The van der Waals surface area contributed by atoms with Crippen LogP contribution in [0.1, 0.15) is 65.7 Å². The van der Waals surface area contributed by atoms with Crippen molar-refractivity contribution in [2.24, 2.45) is 0 Å². The topological polar surface area (TPSA) is 86.1 Å². The van der Waals surface area contributed by atoms with Gasteiger partial charge in [-0.15, -0.1) is 32.9 Å². The number of carbonyl (C=O) groups excluding carboxylic acids is 2. The van der Waals surface area contributed by atoms with Crippen LogP contribution >= 0.6 is 34.4 Å². The van der Waals surface area contributed by atoms with Crippen molar-refractivity contribution >= 4 is 51.3 Å². The van der Waals surface area contributed by atoms with Crippen LogP contribution in [0.25, 0.3) is 11.4 Å². The highest BCUT2D eigenvalue weighted by Gasteiger charge is 2.27. The van der Waals surface area contributed by atoms with Gasteiger partial charge in [0, 0.05) is 27.2 Å². The van der Waals surface area contributed by atoms with E-state index in [0.29, 0.717) is 22.3 Å². The molecule has 0 aliphatic heterocycles. The van der Waals surface area contributed by atoms with Crippen LogP contribution < -0.4 is 5.32 Å². The number of hydrogen-bond donors (Lipinski definition) is 1.